The summed E-state index contributed by atoms with van der Waals surface area (Å²) >= 11 is 0. The van der Waals surface area contributed by atoms with Gasteiger partial charge in [-0.2, -0.15) is 4.31 Å². The Labute approximate surface area is 169 Å². The first-order valence-corrected chi connectivity index (χ1v) is 11.3. The van der Waals surface area contributed by atoms with Crippen molar-refractivity contribution in [2.24, 2.45) is 0 Å². The number of aromatic nitrogens is 2. The standard InChI is InChI=1S/C21H23N3O4S/c25-29(26,24-11-9-21(10-12-24)27-13-4-14-28-21)17-7-8-18-19(15-17)23-20(22-18)16-5-2-1-3-6-16/h1-3,5-8,15H,4,9-14H2,(H,22,23). The van der Waals surface area contributed by atoms with E-state index in [2.05, 4.69) is 9.97 Å². The number of ether oxygens (including phenoxy) is 2. The van der Waals surface area contributed by atoms with Gasteiger partial charge in [-0.15, -0.1) is 0 Å². The highest BCUT2D eigenvalue weighted by atomic mass is 32.2. The van der Waals surface area contributed by atoms with E-state index < -0.39 is 15.8 Å². The summed E-state index contributed by atoms with van der Waals surface area (Å²) in [6, 6.07) is 14.8. The number of rotatable bonds is 3. The maximum Gasteiger partial charge on any atom is 0.243 e. The van der Waals surface area contributed by atoms with Gasteiger partial charge in [-0.25, -0.2) is 13.4 Å². The molecule has 2 saturated heterocycles. The molecule has 1 spiro atoms. The molecular formula is C21H23N3O4S. The molecule has 0 aliphatic carbocycles. The molecule has 3 heterocycles. The third kappa shape index (κ3) is 3.46. The minimum Gasteiger partial charge on any atom is -0.350 e. The van der Waals surface area contributed by atoms with Gasteiger partial charge in [-0.3, -0.25) is 0 Å². The van der Waals surface area contributed by atoms with Crippen molar-refractivity contribution in [1.29, 1.82) is 0 Å². The summed E-state index contributed by atoms with van der Waals surface area (Å²) in [4.78, 5) is 8.09. The first-order chi connectivity index (χ1) is 14.1. The first-order valence-electron chi connectivity index (χ1n) is 9.89. The van der Waals surface area contributed by atoms with E-state index in [1.807, 2.05) is 30.3 Å². The van der Waals surface area contributed by atoms with Crippen LogP contribution in [0.1, 0.15) is 19.3 Å². The number of sulfonamides is 1. The molecule has 8 heteroatoms. The predicted octanol–water partition coefficient (Wildman–Crippen LogP) is 3.15. The van der Waals surface area contributed by atoms with Gasteiger partial charge in [0, 0.05) is 31.5 Å². The first kappa shape index (κ1) is 18.7. The number of aromatic amines is 1. The van der Waals surface area contributed by atoms with E-state index >= 15 is 0 Å². The van der Waals surface area contributed by atoms with Crippen LogP contribution in [0, 0.1) is 0 Å². The highest BCUT2D eigenvalue weighted by Crippen LogP contribution is 2.33. The van der Waals surface area contributed by atoms with E-state index in [0.29, 0.717) is 44.7 Å². The molecule has 2 aromatic carbocycles. The molecule has 0 saturated carbocycles. The van der Waals surface area contributed by atoms with Gasteiger partial charge in [-0.1, -0.05) is 30.3 Å². The van der Waals surface area contributed by atoms with E-state index in [0.717, 1.165) is 23.3 Å². The fraction of sp³-hybridized carbons (Fsp3) is 0.381. The maximum atomic E-state index is 13.2. The summed E-state index contributed by atoms with van der Waals surface area (Å²) < 4.78 is 39.5. The second kappa shape index (κ2) is 7.21. The van der Waals surface area contributed by atoms with E-state index in [4.69, 9.17) is 9.47 Å². The van der Waals surface area contributed by atoms with Crippen LogP contribution in [0.3, 0.4) is 0 Å². The molecule has 3 aromatic rings. The van der Waals surface area contributed by atoms with Crippen LogP contribution in [-0.4, -0.2) is 54.8 Å². The Balaban J connectivity index is 1.39. The van der Waals surface area contributed by atoms with E-state index in [-0.39, 0.29) is 4.90 Å². The van der Waals surface area contributed by atoms with Crippen molar-refractivity contribution in [3.05, 3.63) is 48.5 Å². The van der Waals surface area contributed by atoms with Gasteiger partial charge in [0.1, 0.15) is 5.82 Å². The average molecular weight is 413 g/mol. The Morgan fingerprint density at radius 3 is 2.45 bits per heavy atom. The molecule has 0 atom stereocenters. The van der Waals surface area contributed by atoms with Crippen molar-refractivity contribution in [3.63, 3.8) is 0 Å². The van der Waals surface area contributed by atoms with E-state index in [1.54, 1.807) is 18.2 Å². The summed E-state index contributed by atoms with van der Waals surface area (Å²) in [5, 5.41) is 0. The second-order valence-corrected chi connectivity index (χ2v) is 9.43. The molecular weight excluding hydrogens is 390 g/mol. The quantitative estimate of drug-likeness (QED) is 0.713. The molecule has 2 aliphatic rings. The van der Waals surface area contributed by atoms with Crippen molar-refractivity contribution in [2.45, 2.75) is 29.9 Å². The van der Waals surface area contributed by atoms with Gasteiger partial charge in [0.05, 0.1) is 29.1 Å². The number of imidazole rings is 1. The van der Waals surface area contributed by atoms with Crippen molar-refractivity contribution >= 4 is 21.1 Å². The van der Waals surface area contributed by atoms with Gasteiger partial charge in [0.2, 0.25) is 10.0 Å². The second-order valence-electron chi connectivity index (χ2n) is 7.50. The van der Waals surface area contributed by atoms with Gasteiger partial charge < -0.3 is 14.5 Å². The smallest absolute Gasteiger partial charge is 0.243 e. The fourth-order valence-electron chi connectivity index (χ4n) is 4.00. The van der Waals surface area contributed by atoms with Gasteiger partial charge in [0.15, 0.2) is 5.79 Å². The lowest BCUT2D eigenvalue weighted by Gasteiger charge is -2.42. The topological polar surface area (TPSA) is 84.5 Å². The summed E-state index contributed by atoms with van der Waals surface area (Å²) in [5.41, 5.74) is 2.41. The van der Waals surface area contributed by atoms with Crippen LogP contribution in [0.4, 0.5) is 0 Å². The number of hydrogen-bond acceptors (Lipinski definition) is 5. The highest BCUT2D eigenvalue weighted by molar-refractivity contribution is 7.89. The minimum atomic E-state index is -3.59. The lowest BCUT2D eigenvalue weighted by atomic mass is 10.0. The molecule has 2 aliphatic heterocycles. The Hall–Kier alpha value is -2.26. The Kier molecular flexibility index (Phi) is 4.66. The molecule has 29 heavy (non-hydrogen) atoms. The van der Waals surface area contributed by atoms with Gasteiger partial charge in [-0.05, 0) is 24.6 Å². The number of nitrogens with one attached hydrogen (secondary N) is 1. The highest BCUT2D eigenvalue weighted by Gasteiger charge is 2.41. The molecule has 1 N–H and O–H groups in total. The number of piperidine rings is 1. The van der Waals surface area contributed by atoms with Crippen molar-refractivity contribution in [3.8, 4) is 11.4 Å². The van der Waals surface area contributed by atoms with Gasteiger partial charge >= 0.3 is 0 Å². The molecule has 7 nitrogen and oxygen atoms in total. The summed E-state index contributed by atoms with van der Waals surface area (Å²) in [6.07, 6.45) is 1.99. The normalized spacial score (nSPS) is 20.3. The molecule has 0 radical (unpaired) electrons. The Morgan fingerprint density at radius 2 is 1.72 bits per heavy atom. The van der Waals surface area contributed by atoms with Crippen LogP contribution in [0.25, 0.3) is 22.4 Å². The van der Waals surface area contributed by atoms with Crippen molar-refractivity contribution in [2.75, 3.05) is 26.3 Å². The molecule has 0 amide bonds. The lowest BCUT2D eigenvalue weighted by Crippen LogP contribution is -2.51. The van der Waals surface area contributed by atoms with Crippen molar-refractivity contribution in [1.82, 2.24) is 14.3 Å². The molecule has 1 aromatic heterocycles. The number of fused-ring (bicyclic) bond motifs is 1. The number of nitrogens with zero attached hydrogens (tertiary/aromatic N) is 2. The van der Waals surface area contributed by atoms with Crippen LogP contribution in [0.2, 0.25) is 0 Å². The molecule has 5 rings (SSSR count). The zero-order valence-electron chi connectivity index (χ0n) is 16.0. The van der Waals surface area contributed by atoms with Crippen LogP contribution in [-0.2, 0) is 19.5 Å². The molecule has 0 unspecified atom stereocenters. The largest absolute Gasteiger partial charge is 0.350 e. The van der Waals surface area contributed by atoms with Crippen LogP contribution >= 0.6 is 0 Å². The average Bonchev–Trinajstić information content (AvgIpc) is 3.19. The predicted molar refractivity (Wildman–Crippen MR) is 109 cm³/mol. The monoisotopic (exact) mass is 413 g/mol. The van der Waals surface area contributed by atoms with Crippen molar-refractivity contribution < 1.29 is 17.9 Å². The van der Waals surface area contributed by atoms with Gasteiger partial charge in [0.25, 0.3) is 0 Å². The third-order valence-corrected chi connectivity index (χ3v) is 7.54. The maximum absolute atomic E-state index is 13.2. The van der Waals surface area contributed by atoms with Crippen LogP contribution in [0.5, 0.6) is 0 Å². The summed E-state index contributed by atoms with van der Waals surface area (Å²) in [6.45, 7) is 2.12. The number of H-pyrrole nitrogens is 1. The zero-order valence-corrected chi connectivity index (χ0v) is 16.8. The van der Waals surface area contributed by atoms with E-state index in [1.165, 1.54) is 4.31 Å². The Bertz CT molecular complexity index is 1110. The van der Waals surface area contributed by atoms with Crippen LogP contribution in [0.15, 0.2) is 53.4 Å². The van der Waals surface area contributed by atoms with Crippen LogP contribution < -0.4 is 0 Å². The minimum absolute atomic E-state index is 0.273. The van der Waals surface area contributed by atoms with E-state index in [9.17, 15) is 8.42 Å². The Morgan fingerprint density at radius 1 is 1.00 bits per heavy atom. The fourth-order valence-corrected chi connectivity index (χ4v) is 5.47. The lowest BCUT2D eigenvalue weighted by molar-refractivity contribution is -0.280. The summed E-state index contributed by atoms with van der Waals surface area (Å²) in [5.74, 6) is 0.115. The third-order valence-electron chi connectivity index (χ3n) is 5.64. The molecule has 0 bridgehead atoms. The number of benzene rings is 2. The molecule has 2 fully saturated rings. The zero-order chi connectivity index (χ0) is 19.9. The number of hydrogen-bond donors (Lipinski definition) is 1. The summed E-state index contributed by atoms with van der Waals surface area (Å²) in [7, 11) is -3.59. The molecule has 152 valence electrons. The SMILES string of the molecule is O=S(=O)(c1ccc2nc(-c3ccccc3)[nH]c2c1)N1CCC2(CC1)OCCCO2.